The number of anilines is 1. The third-order valence-corrected chi connectivity index (χ3v) is 9.09. The van der Waals surface area contributed by atoms with Gasteiger partial charge in [-0.1, -0.05) is 35.9 Å². The molecule has 2 aliphatic heterocycles. The van der Waals surface area contributed by atoms with Crippen molar-refractivity contribution in [2.45, 2.75) is 23.7 Å². The minimum atomic E-state index is -4.30. The molecule has 0 N–H and O–H groups in total. The molecule has 1 atom stereocenters. The van der Waals surface area contributed by atoms with Crippen molar-refractivity contribution in [3.05, 3.63) is 93.0 Å². The first-order valence-electron chi connectivity index (χ1n) is 11.5. The van der Waals surface area contributed by atoms with E-state index in [0.29, 0.717) is 22.2 Å². The molecule has 12 heteroatoms. The summed E-state index contributed by atoms with van der Waals surface area (Å²) in [4.78, 5) is 37.6. The highest BCUT2D eigenvalue weighted by atomic mass is 35.5. The minimum Gasteiger partial charge on any atom is -0.476 e. The average molecular weight is 552 g/mol. The number of aromatic nitrogens is 1. The first kappa shape index (κ1) is 24.1. The first-order valence-corrected chi connectivity index (χ1v) is 13.3. The number of nitro benzene ring substituents is 1. The van der Waals surface area contributed by atoms with Gasteiger partial charge in [0.05, 0.1) is 26.0 Å². The summed E-state index contributed by atoms with van der Waals surface area (Å²) in [5.41, 5.74) is 0.210. The van der Waals surface area contributed by atoms with Crippen LogP contribution in [0.1, 0.15) is 18.1 Å². The fourth-order valence-corrected chi connectivity index (χ4v) is 7.16. The second-order valence-electron chi connectivity index (χ2n) is 9.16. The predicted molar refractivity (Wildman–Crippen MR) is 138 cm³/mol. The number of rotatable bonds is 3. The van der Waals surface area contributed by atoms with E-state index < -0.39 is 32.2 Å². The third-order valence-electron chi connectivity index (χ3n) is 7.06. The van der Waals surface area contributed by atoms with Crippen molar-refractivity contribution in [3.8, 4) is 5.88 Å². The van der Waals surface area contributed by atoms with Gasteiger partial charge in [-0.25, -0.2) is 17.3 Å². The zero-order valence-corrected chi connectivity index (χ0v) is 21.3. The molecule has 192 valence electrons. The highest BCUT2D eigenvalue weighted by molar-refractivity contribution is 7.90. The highest BCUT2D eigenvalue weighted by Crippen LogP contribution is 2.51. The van der Waals surface area contributed by atoms with Crippen LogP contribution in [0.5, 0.6) is 5.88 Å². The number of hydrogen-bond donors (Lipinski definition) is 0. The zero-order chi connectivity index (χ0) is 27.0. The first-order chi connectivity index (χ1) is 18.1. The number of hydrogen-bond acceptors (Lipinski definition) is 7. The molecule has 0 aliphatic carbocycles. The van der Waals surface area contributed by atoms with Crippen LogP contribution >= 0.6 is 11.6 Å². The quantitative estimate of drug-likeness (QED) is 0.275. The molecule has 0 fully saturated rings. The molecule has 1 aromatic heterocycles. The summed E-state index contributed by atoms with van der Waals surface area (Å²) in [7, 11) is -4.30. The monoisotopic (exact) mass is 551 g/mol. The van der Waals surface area contributed by atoms with Gasteiger partial charge in [-0.2, -0.15) is 0 Å². The number of amides is 2. The normalized spacial score (nSPS) is 18.4. The van der Waals surface area contributed by atoms with Crippen molar-refractivity contribution in [1.29, 1.82) is 0 Å². The van der Waals surface area contributed by atoms with E-state index in [1.807, 2.05) is 0 Å². The number of para-hydroxylation sites is 1. The number of nitrogens with zero attached hydrogens (tertiary/aromatic N) is 3. The molecule has 0 saturated carbocycles. The van der Waals surface area contributed by atoms with E-state index in [4.69, 9.17) is 16.3 Å². The van der Waals surface area contributed by atoms with Gasteiger partial charge in [-0.05, 0) is 35.9 Å². The van der Waals surface area contributed by atoms with Crippen molar-refractivity contribution in [2.75, 3.05) is 11.5 Å². The number of fused-ring (bicyclic) bond motifs is 5. The number of non-ortho nitro benzene ring substituents is 1. The average Bonchev–Trinajstić information content (AvgIpc) is 3.35. The molecule has 0 radical (unpaired) electrons. The van der Waals surface area contributed by atoms with Crippen LogP contribution in [-0.2, 0) is 31.4 Å². The zero-order valence-electron chi connectivity index (χ0n) is 19.8. The van der Waals surface area contributed by atoms with Gasteiger partial charge < -0.3 is 4.74 Å². The van der Waals surface area contributed by atoms with Gasteiger partial charge in [0.15, 0.2) is 0 Å². The summed E-state index contributed by atoms with van der Waals surface area (Å²) < 4.78 is 34.8. The summed E-state index contributed by atoms with van der Waals surface area (Å²) >= 11 is 6.58. The summed E-state index contributed by atoms with van der Waals surface area (Å²) in [6.45, 7) is 1.10. The van der Waals surface area contributed by atoms with Crippen molar-refractivity contribution in [3.63, 3.8) is 0 Å². The molecule has 38 heavy (non-hydrogen) atoms. The molecule has 4 aromatic rings. The second-order valence-corrected chi connectivity index (χ2v) is 11.4. The van der Waals surface area contributed by atoms with Gasteiger partial charge in [-0.3, -0.25) is 19.7 Å². The number of ether oxygens (including phenoxy) is 1. The SMILES string of the molecule is CC(=O)N1C(=O)[C@@]2(COc3c(c4c(Cl)cccc4n3S(=O)(=O)c3ccc([N+](=O)[O-])cc3)C2)c2ccccc21. The van der Waals surface area contributed by atoms with E-state index in [2.05, 4.69) is 0 Å². The van der Waals surface area contributed by atoms with Gasteiger partial charge in [0.25, 0.3) is 15.7 Å². The predicted octanol–water partition coefficient (Wildman–Crippen LogP) is 4.21. The lowest BCUT2D eigenvalue weighted by Crippen LogP contribution is -2.49. The standard InChI is InChI=1S/C26H18ClN3O7S/c1-15(31)28-21-7-3-2-5-19(21)26(25(28)32)13-18-23-20(27)6-4-8-22(23)29(24(18)37-14-26)38(35,36)17-11-9-16(10-12-17)30(33)34/h2-12H,13-14H2,1H3/t26-/m0/s1. The van der Waals surface area contributed by atoms with Crippen molar-refractivity contribution < 1.29 is 27.7 Å². The van der Waals surface area contributed by atoms with Gasteiger partial charge >= 0.3 is 0 Å². The number of imide groups is 1. The summed E-state index contributed by atoms with van der Waals surface area (Å²) in [6.07, 6.45) is 0.0466. The largest absolute Gasteiger partial charge is 0.476 e. The van der Waals surface area contributed by atoms with E-state index in [1.54, 1.807) is 42.5 Å². The minimum absolute atomic E-state index is 0.00336. The molecule has 0 saturated heterocycles. The lowest BCUT2D eigenvalue weighted by Gasteiger charge is -2.33. The maximum absolute atomic E-state index is 13.8. The van der Waals surface area contributed by atoms with Gasteiger partial charge in [0.1, 0.15) is 12.0 Å². The summed E-state index contributed by atoms with van der Waals surface area (Å²) in [5, 5.41) is 11.7. The number of nitro groups is 1. The Morgan fingerprint density at radius 2 is 1.79 bits per heavy atom. The van der Waals surface area contributed by atoms with Crippen LogP contribution in [0.25, 0.3) is 10.9 Å². The van der Waals surface area contributed by atoms with E-state index in [-0.39, 0.29) is 40.0 Å². The highest BCUT2D eigenvalue weighted by Gasteiger charge is 2.56. The smallest absolute Gasteiger partial charge is 0.271 e. The number of benzene rings is 3. The number of carbonyl (C=O) groups is 2. The van der Waals surface area contributed by atoms with E-state index in [1.165, 1.54) is 6.92 Å². The molecular weight excluding hydrogens is 534 g/mol. The lowest BCUT2D eigenvalue weighted by molar-refractivity contribution is -0.384. The van der Waals surface area contributed by atoms with E-state index in [0.717, 1.165) is 33.1 Å². The van der Waals surface area contributed by atoms with Gasteiger partial charge in [0, 0.05) is 36.4 Å². The van der Waals surface area contributed by atoms with Crippen LogP contribution in [0.2, 0.25) is 5.02 Å². The van der Waals surface area contributed by atoms with Crippen LogP contribution in [-0.4, -0.2) is 35.7 Å². The Hall–Kier alpha value is -4.22. The van der Waals surface area contributed by atoms with Crippen LogP contribution < -0.4 is 9.64 Å². The Morgan fingerprint density at radius 3 is 2.47 bits per heavy atom. The molecule has 1 spiro atoms. The summed E-state index contributed by atoms with van der Waals surface area (Å²) in [6, 6.07) is 16.3. The Bertz CT molecular complexity index is 1810. The van der Waals surface area contributed by atoms with Crippen molar-refractivity contribution >= 4 is 55.7 Å². The fourth-order valence-electron chi connectivity index (χ4n) is 5.39. The summed E-state index contributed by atoms with van der Waals surface area (Å²) in [5.74, 6) is -0.891. The Balaban J connectivity index is 1.57. The molecule has 0 bridgehead atoms. The second kappa shape index (κ2) is 8.14. The van der Waals surface area contributed by atoms with Crippen LogP contribution in [0.4, 0.5) is 11.4 Å². The van der Waals surface area contributed by atoms with Crippen molar-refractivity contribution in [1.82, 2.24) is 3.97 Å². The number of halogens is 1. The maximum Gasteiger partial charge on any atom is 0.271 e. The molecular formula is C26H18ClN3O7S. The molecule has 2 aliphatic rings. The lowest BCUT2D eigenvalue weighted by atomic mass is 9.76. The topological polar surface area (TPSA) is 129 Å². The number of carbonyl (C=O) groups excluding carboxylic acids is 2. The molecule has 10 nitrogen and oxygen atoms in total. The Morgan fingerprint density at radius 1 is 1.08 bits per heavy atom. The fraction of sp³-hybridized carbons (Fsp3) is 0.154. The Labute approximate surface area is 221 Å². The molecule has 3 aromatic carbocycles. The molecule has 6 rings (SSSR count). The van der Waals surface area contributed by atoms with Gasteiger partial charge in [0.2, 0.25) is 17.7 Å². The maximum atomic E-state index is 13.8. The van der Waals surface area contributed by atoms with Crippen LogP contribution in [0.15, 0.2) is 71.6 Å². The van der Waals surface area contributed by atoms with Crippen molar-refractivity contribution in [2.24, 2.45) is 0 Å². The van der Waals surface area contributed by atoms with Crippen LogP contribution in [0.3, 0.4) is 0 Å². The van der Waals surface area contributed by atoms with E-state index >= 15 is 0 Å². The molecule has 2 amide bonds. The van der Waals surface area contributed by atoms with Gasteiger partial charge in [-0.15, -0.1) is 0 Å². The molecule has 3 heterocycles. The third kappa shape index (κ3) is 3.15. The Kier molecular flexibility index (Phi) is 5.17. The van der Waals surface area contributed by atoms with Crippen LogP contribution in [0, 0.1) is 10.1 Å². The molecule has 0 unspecified atom stereocenters. The van der Waals surface area contributed by atoms with E-state index in [9.17, 15) is 28.1 Å².